The number of hydrogen-bond donors (Lipinski definition) is 3. The zero-order valence-electron chi connectivity index (χ0n) is 14.4. The highest BCUT2D eigenvalue weighted by Crippen LogP contribution is 2.28. The van der Waals surface area contributed by atoms with Crippen LogP contribution in [0, 0.1) is 0 Å². The van der Waals surface area contributed by atoms with E-state index in [2.05, 4.69) is 10.3 Å². The topological polar surface area (TPSA) is 89.1 Å². The van der Waals surface area contributed by atoms with Crippen molar-refractivity contribution in [3.05, 3.63) is 48.0 Å². The van der Waals surface area contributed by atoms with Crippen LogP contribution in [0.25, 0.3) is 0 Å². The molecule has 25 heavy (non-hydrogen) atoms. The Bertz CT molecular complexity index is 690. The number of guanidine groups is 1. The number of nitrogens with zero attached hydrogens (tertiary/aromatic N) is 1. The number of rotatable bonds is 7. The van der Waals surface area contributed by atoms with Crippen molar-refractivity contribution in [3.63, 3.8) is 0 Å². The molecule has 0 heterocycles. The molecule has 0 aliphatic heterocycles. The van der Waals surface area contributed by atoms with Crippen molar-refractivity contribution in [2.75, 3.05) is 26.1 Å². The van der Waals surface area contributed by atoms with Crippen molar-refractivity contribution < 1.29 is 14.6 Å². The number of aryl methyl sites for hydroxylation is 1. The summed E-state index contributed by atoms with van der Waals surface area (Å²) in [7, 11) is 3.20. The van der Waals surface area contributed by atoms with Gasteiger partial charge in [0.1, 0.15) is 17.2 Å². The molecule has 2 rings (SSSR count). The first-order valence-corrected chi connectivity index (χ1v) is 7.69. The van der Waals surface area contributed by atoms with Crippen molar-refractivity contribution >= 4 is 35.6 Å². The standard InChI is InChI=1S/C18H23N3O3.HI/c1-23-15-9-10-17(24-2)16(12-15)21-18(19)20-11-3-4-13-5-7-14(22)8-6-13;/h5-10,12,22H,3-4,11H2,1-2H3,(H3,19,20,21);1H. The van der Waals surface area contributed by atoms with E-state index in [1.165, 1.54) is 0 Å². The van der Waals surface area contributed by atoms with Gasteiger partial charge in [-0.2, -0.15) is 0 Å². The Labute approximate surface area is 165 Å². The number of nitrogens with two attached hydrogens (primary N) is 1. The lowest BCUT2D eigenvalue weighted by Crippen LogP contribution is -2.23. The predicted octanol–water partition coefficient (Wildman–Crippen LogP) is 3.39. The number of ether oxygens (including phenoxy) is 2. The minimum absolute atomic E-state index is 0. The molecule has 2 aromatic carbocycles. The summed E-state index contributed by atoms with van der Waals surface area (Å²) in [5.41, 5.74) is 7.79. The highest BCUT2D eigenvalue weighted by atomic mass is 127. The third-order valence-electron chi connectivity index (χ3n) is 3.51. The number of nitrogens with one attached hydrogen (secondary N) is 1. The Hall–Kier alpha value is -2.16. The fraction of sp³-hybridized carbons (Fsp3) is 0.278. The molecule has 0 aliphatic rings. The second-order valence-corrected chi connectivity index (χ2v) is 5.23. The summed E-state index contributed by atoms with van der Waals surface area (Å²) >= 11 is 0. The largest absolute Gasteiger partial charge is 0.508 e. The zero-order valence-corrected chi connectivity index (χ0v) is 16.7. The number of hydrogen-bond acceptors (Lipinski definition) is 4. The van der Waals surface area contributed by atoms with Crippen molar-refractivity contribution in [2.24, 2.45) is 10.7 Å². The van der Waals surface area contributed by atoms with E-state index in [4.69, 9.17) is 15.2 Å². The van der Waals surface area contributed by atoms with Crippen LogP contribution in [-0.4, -0.2) is 31.8 Å². The molecule has 0 amide bonds. The van der Waals surface area contributed by atoms with Crippen molar-refractivity contribution in [1.82, 2.24) is 0 Å². The van der Waals surface area contributed by atoms with E-state index in [1.807, 2.05) is 18.2 Å². The summed E-state index contributed by atoms with van der Waals surface area (Å²) in [5, 5.41) is 12.3. The first kappa shape index (κ1) is 20.9. The van der Waals surface area contributed by atoms with Gasteiger partial charge >= 0.3 is 0 Å². The summed E-state index contributed by atoms with van der Waals surface area (Å²) in [4.78, 5) is 4.32. The number of benzene rings is 2. The minimum atomic E-state index is 0. The fourth-order valence-corrected chi connectivity index (χ4v) is 2.23. The zero-order chi connectivity index (χ0) is 17.4. The average molecular weight is 457 g/mol. The molecule has 0 bridgehead atoms. The monoisotopic (exact) mass is 457 g/mol. The second-order valence-electron chi connectivity index (χ2n) is 5.23. The van der Waals surface area contributed by atoms with E-state index in [0.29, 0.717) is 29.7 Å². The third kappa shape index (κ3) is 6.69. The molecule has 0 fully saturated rings. The van der Waals surface area contributed by atoms with E-state index in [1.54, 1.807) is 38.5 Å². The van der Waals surface area contributed by atoms with Gasteiger partial charge in [-0.15, -0.1) is 24.0 Å². The SMILES string of the molecule is COc1ccc(OC)c(NC(N)=NCCCc2ccc(O)cc2)c1.I. The van der Waals surface area contributed by atoms with Gasteiger partial charge in [0, 0.05) is 12.6 Å². The van der Waals surface area contributed by atoms with Gasteiger partial charge in [0.15, 0.2) is 5.96 Å². The van der Waals surface area contributed by atoms with Crippen molar-refractivity contribution in [1.29, 1.82) is 0 Å². The van der Waals surface area contributed by atoms with Gasteiger partial charge in [0.25, 0.3) is 0 Å². The molecule has 0 radical (unpaired) electrons. The molecule has 0 saturated carbocycles. The van der Waals surface area contributed by atoms with E-state index < -0.39 is 0 Å². The molecule has 0 saturated heterocycles. The van der Waals surface area contributed by atoms with Gasteiger partial charge < -0.3 is 25.6 Å². The van der Waals surface area contributed by atoms with Crippen molar-refractivity contribution in [3.8, 4) is 17.2 Å². The van der Waals surface area contributed by atoms with Gasteiger partial charge in [0.05, 0.1) is 19.9 Å². The Morgan fingerprint density at radius 1 is 1.12 bits per heavy atom. The van der Waals surface area contributed by atoms with Crippen LogP contribution in [0.4, 0.5) is 5.69 Å². The number of aliphatic imine (C=N–C) groups is 1. The van der Waals surface area contributed by atoms with Gasteiger partial charge in [-0.3, -0.25) is 4.99 Å². The number of phenols is 1. The van der Waals surface area contributed by atoms with Crippen LogP contribution < -0.4 is 20.5 Å². The first-order valence-electron chi connectivity index (χ1n) is 7.69. The summed E-state index contributed by atoms with van der Waals surface area (Å²) in [6, 6.07) is 12.6. The average Bonchev–Trinajstić information content (AvgIpc) is 2.60. The molecule has 0 unspecified atom stereocenters. The van der Waals surface area contributed by atoms with Gasteiger partial charge in [-0.05, 0) is 42.7 Å². The molecule has 0 aliphatic carbocycles. The first-order chi connectivity index (χ1) is 11.6. The van der Waals surface area contributed by atoms with Crippen LogP contribution >= 0.6 is 24.0 Å². The lowest BCUT2D eigenvalue weighted by molar-refractivity contribution is 0.405. The molecular formula is C18H24IN3O3. The maximum atomic E-state index is 9.26. The molecule has 0 atom stereocenters. The third-order valence-corrected chi connectivity index (χ3v) is 3.51. The molecule has 6 nitrogen and oxygen atoms in total. The number of phenolic OH excluding ortho intramolecular Hbond substituents is 1. The molecule has 136 valence electrons. The minimum Gasteiger partial charge on any atom is -0.508 e. The van der Waals surface area contributed by atoms with E-state index in [9.17, 15) is 5.11 Å². The Kier molecular flexibility index (Phi) is 8.90. The molecular weight excluding hydrogens is 433 g/mol. The smallest absolute Gasteiger partial charge is 0.193 e. The highest BCUT2D eigenvalue weighted by molar-refractivity contribution is 14.0. The van der Waals surface area contributed by atoms with Gasteiger partial charge in [0.2, 0.25) is 0 Å². The van der Waals surface area contributed by atoms with E-state index in [-0.39, 0.29) is 29.7 Å². The van der Waals surface area contributed by atoms with Crippen LogP contribution in [0.15, 0.2) is 47.5 Å². The fourth-order valence-electron chi connectivity index (χ4n) is 2.23. The molecule has 0 aromatic heterocycles. The summed E-state index contributed by atoms with van der Waals surface area (Å²) < 4.78 is 10.5. The molecule has 0 spiro atoms. The normalized spacial score (nSPS) is 10.7. The molecule has 2 aromatic rings. The van der Waals surface area contributed by atoms with Gasteiger partial charge in [-0.1, -0.05) is 12.1 Å². The van der Waals surface area contributed by atoms with Crippen LogP contribution in [0.1, 0.15) is 12.0 Å². The maximum absolute atomic E-state index is 9.26. The number of methoxy groups -OCH3 is 2. The number of anilines is 1. The lowest BCUT2D eigenvalue weighted by atomic mass is 10.1. The van der Waals surface area contributed by atoms with E-state index >= 15 is 0 Å². The Morgan fingerprint density at radius 3 is 2.48 bits per heavy atom. The summed E-state index contributed by atoms with van der Waals surface area (Å²) in [5.74, 6) is 1.97. The maximum Gasteiger partial charge on any atom is 0.193 e. The van der Waals surface area contributed by atoms with Crippen LogP contribution in [-0.2, 0) is 6.42 Å². The number of aromatic hydroxyl groups is 1. The second kappa shape index (κ2) is 10.7. The quantitative estimate of drug-likeness (QED) is 0.257. The Morgan fingerprint density at radius 2 is 1.84 bits per heavy atom. The van der Waals surface area contributed by atoms with Gasteiger partial charge in [-0.25, -0.2) is 0 Å². The predicted molar refractivity (Wildman–Crippen MR) is 112 cm³/mol. The van der Waals surface area contributed by atoms with E-state index in [0.717, 1.165) is 18.4 Å². The van der Waals surface area contributed by atoms with Crippen molar-refractivity contribution in [2.45, 2.75) is 12.8 Å². The van der Waals surface area contributed by atoms with Crippen LogP contribution in [0.3, 0.4) is 0 Å². The Balaban J connectivity index is 0.00000312. The lowest BCUT2D eigenvalue weighted by Gasteiger charge is -2.12. The summed E-state index contributed by atoms with van der Waals surface area (Å²) in [6.07, 6.45) is 1.74. The summed E-state index contributed by atoms with van der Waals surface area (Å²) in [6.45, 7) is 0.603. The molecule has 4 N–H and O–H groups in total. The van der Waals surface area contributed by atoms with Crippen LogP contribution in [0.5, 0.6) is 17.2 Å². The molecule has 7 heteroatoms. The van der Waals surface area contributed by atoms with Crippen LogP contribution in [0.2, 0.25) is 0 Å². The number of halogens is 1. The highest BCUT2D eigenvalue weighted by Gasteiger charge is 2.06.